The van der Waals surface area contributed by atoms with Gasteiger partial charge in [0.25, 0.3) is 0 Å². The van der Waals surface area contributed by atoms with Gasteiger partial charge in [-0.3, -0.25) is 0 Å². The van der Waals surface area contributed by atoms with Crippen molar-refractivity contribution in [3.8, 4) is 5.75 Å². The molecule has 106 valence electrons. The molecule has 0 aliphatic heterocycles. The van der Waals surface area contributed by atoms with Crippen LogP contribution in [0.25, 0.3) is 0 Å². The Balaban J connectivity index is 2.97. The summed E-state index contributed by atoms with van der Waals surface area (Å²) in [6, 6.07) is 5.84. The molecule has 1 aromatic rings. The van der Waals surface area contributed by atoms with Gasteiger partial charge in [-0.05, 0) is 48.4 Å². The van der Waals surface area contributed by atoms with E-state index in [9.17, 15) is 4.79 Å². The Bertz CT molecular complexity index is 449. The van der Waals surface area contributed by atoms with E-state index in [1.807, 2.05) is 25.1 Å². The average molecular weight is 264 g/mol. The second kappa shape index (κ2) is 6.09. The van der Waals surface area contributed by atoms with Gasteiger partial charge in [-0.15, -0.1) is 0 Å². The summed E-state index contributed by atoms with van der Waals surface area (Å²) < 4.78 is 5.51. The fraction of sp³-hybridized carbons (Fsp3) is 0.562. The number of rotatable bonds is 6. The second-order valence-electron chi connectivity index (χ2n) is 5.57. The lowest BCUT2D eigenvalue weighted by molar-refractivity contribution is -0.145. The molecule has 0 saturated carbocycles. The van der Waals surface area contributed by atoms with Crippen molar-refractivity contribution in [2.45, 2.75) is 59.0 Å². The molecular formula is C16H24O3. The molecule has 0 bridgehead atoms. The van der Waals surface area contributed by atoms with Crippen LogP contribution in [0.4, 0.5) is 0 Å². The summed E-state index contributed by atoms with van der Waals surface area (Å²) >= 11 is 0. The SMILES string of the molecule is CC[C@H](Oc1ccc(C(C)(C)CC)c(C)c1)C(=O)O. The molecule has 0 amide bonds. The van der Waals surface area contributed by atoms with E-state index >= 15 is 0 Å². The molecule has 19 heavy (non-hydrogen) atoms. The van der Waals surface area contributed by atoms with E-state index in [-0.39, 0.29) is 5.41 Å². The molecule has 1 N–H and O–H groups in total. The number of ether oxygens (including phenoxy) is 1. The minimum atomic E-state index is -0.918. The lowest BCUT2D eigenvalue weighted by Gasteiger charge is -2.26. The molecule has 0 aromatic heterocycles. The van der Waals surface area contributed by atoms with Crippen molar-refractivity contribution in [2.75, 3.05) is 0 Å². The molecule has 1 atom stereocenters. The molecule has 0 saturated heterocycles. The maximum atomic E-state index is 11.0. The first-order valence-corrected chi connectivity index (χ1v) is 6.82. The number of aliphatic carboxylic acids is 1. The highest BCUT2D eigenvalue weighted by molar-refractivity contribution is 5.72. The third-order valence-electron chi connectivity index (χ3n) is 3.74. The monoisotopic (exact) mass is 264 g/mol. The molecule has 0 spiro atoms. The van der Waals surface area contributed by atoms with Crippen molar-refractivity contribution >= 4 is 5.97 Å². The molecule has 3 heteroatoms. The molecule has 1 aromatic carbocycles. The van der Waals surface area contributed by atoms with E-state index in [0.29, 0.717) is 12.2 Å². The summed E-state index contributed by atoms with van der Waals surface area (Å²) in [5, 5.41) is 9.00. The summed E-state index contributed by atoms with van der Waals surface area (Å²) in [4.78, 5) is 11.0. The van der Waals surface area contributed by atoms with Crippen molar-refractivity contribution in [1.29, 1.82) is 0 Å². The van der Waals surface area contributed by atoms with E-state index in [1.165, 1.54) is 5.56 Å². The number of carboxylic acids is 1. The zero-order chi connectivity index (χ0) is 14.6. The summed E-state index contributed by atoms with van der Waals surface area (Å²) in [6.45, 7) is 10.4. The van der Waals surface area contributed by atoms with Crippen LogP contribution >= 0.6 is 0 Å². The van der Waals surface area contributed by atoms with Gasteiger partial charge in [0.2, 0.25) is 0 Å². The smallest absolute Gasteiger partial charge is 0.344 e. The van der Waals surface area contributed by atoms with E-state index in [0.717, 1.165) is 12.0 Å². The lowest BCUT2D eigenvalue weighted by atomic mass is 9.80. The highest BCUT2D eigenvalue weighted by Crippen LogP contribution is 2.31. The Morgan fingerprint density at radius 1 is 1.37 bits per heavy atom. The Hall–Kier alpha value is -1.51. The standard InChI is InChI=1S/C16H24O3/c1-6-14(15(17)18)19-12-8-9-13(11(3)10-12)16(4,5)7-2/h8-10,14H,6-7H2,1-5H3,(H,17,18)/t14-/m0/s1. The number of hydrogen-bond donors (Lipinski definition) is 1. The molecule has 0 aliphatic carbocycles. The van der Waals surface area contributed by atoms with Gasteiger partial charge < -0.3 is 9.84 Å². The molecule has 0 unspecified atom stereocenters. The summed E-state index contributed by atoms with van der Waals surface area (Å²) in [7, 11) is 0. The normalized spacial score (nSPS) is 13.1. The average Bonchev–Trinajstić information content (AvgIpc) is 2.35. The summed E-state index contributed by atoms with van der Waals surface area (Å²) in [5.41, 5.74) is 2.55. The summed E-state index contributed by atoms with van der Waals surface area (Å²) in [5.74, 6) is -0.291. The summed E-state index contributed by atoms with van der Waals surface area (Å²) in [6.07, 6.45) is 0.738. The lowest BCUT2D eigenvalue weighted by Crippen LogP contribution is -2.26. The Kier molecular flexibility index (Phi) is 4.98. The van der Waals surface area contributed by atoms with E-state index < -0.39 is 12.1 Å². The molecule has 3 nitrogen and oxygen atoms in total. The first-order valence-electron chi connectivity index (χ1n) is 6.82. The van der Waals surface area contributed by atoms with E-state index in [2.05, 4.69) is 20.8 Å². The van der Waals surface area contributed by atoms with Crippen molar-refractivity contribution < 1.29 is 14.6 Å². The van der Waals surface area contributed by atoms with Gasteiger partial charge in [0, 0.05) is 0 Å². The number of carbonyl (C=O) groups is 1. The van der Waals surface area contributed by atoms with Crippen LogP contribution in [0.15, 0.2) is 18.2 Å². The molecule has 0 radical (unpaired) electrons. The Morgan fingerprint density at radius 3 is 2.42 bits per heavy atom. The topological polar surface area (TPSA) is 46.5 Å². The van der Waals surface area contributed by atoms with Crippen LogP contribution in [-0.4, -0.2) is 17.2 Å². The number of benzene rings is 1. The highest BCUT2D eigenvalue weighted by atomic mass is 16.5. The third kappa shape index (κ3) is 3.72. The quantitative estimate of drug-likeness (QED) is 0.847. The molecule has 1 rings (SSSR count). The zero-order valence-corrected chi connectivity index (χ0v) is 12.5. The predicted octanol–water partition coefficient (Wildman–Crippen LogP) is 3.92. The van der Waals surface area contributed by atoms with E-state index in [4.69, 9.17) is 9.84 Å². The molecule has 0 fully saturated rings. The molecule has 0 aliphatic rings. The minimum absolute atomic E-state index is 0.125. The fourth-order valence-electron chi connectivity index (χ4n) is 2.13. The molecular weight excluding hydrogens is 240 g/mol. The Morgan fingerprint density at radius 2 is 2.00 bits per heavy atom. The van der Waals surface area contributed by atoms with Crippen LogP contribution in [0, 0.1) is 6.92 Å². The maximum Gasteiger partial charge on any atom is 0.344 e. The van der Waals surface area contributed by atoms with Crippen LogP contribution in [0.5, 0.6) is 5.75 Å². The zero-order valence-electron chi connectivity index (χ0n) is 12.5. The number of carboxylic acid groups (broad SMARTS) is 1. The van der Waals surface area contributed by atoms with Gasteiger partial charge in [0.05, 0.1) is 0 Å². The number of hydrogen-bond acceptors (Lipinski definition) is 2. The Labute approximate surface area is 115 Å². The third-order valence-corrected chi connectivity index (χ3v) is 3.74. The molecule has 0 heterocycles. The van der Waals surface area contributed by atoms with Crippen molar-refractivity contribution in [1.82, 2.24) is 0 Å². The van der Waals surface area contributed by atoms with Gasteiger partial charge >= 0.3 is 5.97 Å². The first kappa shape index (κ1) is 15.5. The van der Waals surface area contributed by atoms with Gasteiger partial charge in [0.1, 0.15) is 5.75 Å². The van der Waals surface area contributed by atoms with Gasteiger partial charge in [0.15, 0.2) is 6.10 Å². The highest BCUT2D eigenvalue weighted by Gasteiger charge is 2.21. The largest absolute Gasteiger partial charge is 0.479 e. The van der Waals surface area contributed by atoms with Crippen LogP contribution in [0.2, 0.25) is 0 Å². The van der Waals surface area contributed by atoms with Crippen molar-refractivity contribution in [3.05, 3.63) is 29.3 Å². The van der Waals surface area contributed by atoms with Gasteiger partial charge in [-0.25, -0.2) is 4.79 Å². The fourth-order valence-corrected chi connectivity index (χ4v) is 2.13. The van der Waals surface area contributed by atoms with Crippen molar-refractivity contribution in [3.63, 3.8) is 0 Å². The number of aryl methyl sites for hydroxylation is 1. The maximum absolute atomic E-state index is 11.0. The first-order chi connectivity index (χ1) is 8.81. The predicted molar refractivity (Wildman–Crippen MR) is 76.8 cm³/mol. The second-order valence-corrected chi connectivity index (χ2v) is 5.57. The minimum Gasteiger partial charge on any atom is -0.479 e. The van der Waals surface area contributed by atoms with Crippen LogP contribution < -0.4 is 4.74 Å². The van der Waals surface area contributed by atoms with Gasteiger partial charge in [-0.2, -0.15) is 0 Å². The van der Waals surface area contributed by atoms with Crippen LogP contribution in [0.1, 0.15) is 51.7 Å². The van der Waals surface area contributed by atoms with E-state index in [1.54, 1.807) is 6.92 Å². The van der Waals surface area contributed by atoms with Crippen LogP contribution in [0.3, 0.4) is 0 Å². The van der Waals surface area contributed by atoms with Gasteiger partial charge in [-0.1, -0.05) is 33.8 Å². The van der Waals surface area contributed by atoms with Crippen LogP contribution in [-0.2, 0) is 10.2 Å². The van der Waals surface area contributed by atoms with Crippen molar-refractivity contribution in [2.24, 2.45) is 0 Å².